The highest BCUT2D eigenvalue weighted by atomic mass is 35.5. The molecule has 0 bridgehead atoms. The second-order valence-corrected chi connectivity index (χ2v) is 9.42. The summed E-state index contributed by atoms with van der Waals surface area (Å²) in [5, 5.41) is 4.30. The van der Waals surface area contributed by atoms with Gasteiger partial charge in [0.05, 0.1) is 0 Å². The summed E-state index contributed by atoms with van der Waals surface area (Å²) in [5.74, 6) is 0.429. The number of amides is 2. The van der Waals surface area contributed by atoms with Crippen LogP contribution >= 0.6 is 35.0 Å². The number of carbonyl (C=O) groups is 2. The van der Waals surface area contributed by atoms with E-state index in [4.69, 9.17) is 23.2 Å². The van der Waals surface area contributed by atoms with Crippen LogP contribution in [0, 0.1) is 0 Å². The Labute approximate surface area is 199 Å². The Morgan fingerprint density at radius 1 is 1.03 bits per heavy atom. The Bertz CT molecular complexity index is 861. The van der Waals surface area contributed by atoms with Crippen LogP contribution in [-0.2, 0) is 16.1 Å². The number of nitrogens with zero attached hydrogens (tertiary/aromatic N) is 1. The van der Waals surface area contributed by atoms with E-state index in [-0.39, 0.29) is 17.9 Å². The zero-order chi connectivity index (χ0) is 22.8. The van der Waals surface area contributed by atoms with Crippen LogP contribution in [0.2, 0.25) is 10.0 Å². The first-order valence-electron chi connectivity index (χ1n) is 10.6. The van der Waals surface area contributed by atoms with E-state index in [0.717, 1.165) is 16.9 Å². The van der Waals surface area contributed by atoms with Crippen LogP contribution in [0.1, 0.15) is 45.6 Å². The SMILES string of the molecule is CCC(C)NC(=O)C(CC)N(Cc1ccccc1Cl)C(=O)CCSc1ccc(Cl)cc1. The number of halogens is 2. The fourth-order valence-electron chi connectivity index (χ4n) is 3.10. The average molecular weight is 481 g/mol. The lowest BCUT2D eigenvalue weighted by Crippen LogP contribution is -2.50. The molecule has 2 aromatic carbocycles. The first-order chi connectivity index (χ1) is 14.8. The molecule has 0 saturated carbocycles. The summed E-state index contributed by atoms with van der Waals surface area (Å²) in [6.45, 7) is 6.22. The number of rotatable bonds is 11. The van der Waals surface area contributed by atoms with E-state index in [9.17, 15) is 9.59 Å². The van der Waals surface area contributed by atoms with E-state index in [1.807, 2.05) is 63.2 Å². The minimum Gasteiger partial charge on any atom is -0.352 e. The van der Waals surface area contributed by atoms with Crippen molar-refractivity contribution in [3.05, 3.63) is 64.1 Å². The predicted octanol–water partition coefficient (Wildman–Crippen LogP) is 6.20. The predicted molar refractivity (Wildman–Crippen MR) is 131 cm³/mol. The lowest BCUT2D eigenvalue weighted by atomic mass is 10.1. The van der Waals surface area contributed by atoms with Crippen molar-refractivity contribution in [1.82, 2.24) is 10.2 Å². The van der Waals surface area contributed by atoms with Crippen molar-refractivity contribution < 1.29 is 9.59 Å². The van der Waals surface area contributed by atoms with E-state index in [1.54, 1.807) is 22.7 Å². The van der Waals surface area contributed by atoms with Gasteiger partial charge >= 0.3 is 0 Å². The van der Waals surface area contributed by atoms with Crippen molar-refractivity contribution in [2.75, 3.05) is 5.75 Å². The zero-order valence-electron chi connectivity index (χ0n) is 18.2. The molecule has 2 unspecified atom stereocenters. The summed E-state index contributed by atoms with van der Waals surface area (Å²) >= 11 is 13.9. The van der Waals surface area contributed by atoms with E-state index >= 15 is 0 Å². The maximum Gasteiger partial charge on any atom is 0.243 e. The van der Waals surface area contributed by atoms with Crippen LogP contribution in [0.3, 0.4) is 0 Å². The Kier molecular flexibility index (Phi) is 10.7. The average Bonchev–Trinajstić information content (AvgIpc) is 2.76. The standard InChI is InChI=1S/C24H30Cl2N2O2S/c1-4-17(3)27-24(30)22(5-2)28(16-18-8-6-7-9-21(18)26)23(29)14-15-31-20-12-10-19(25)11-13-20/h6-13,17,22H,4-5,14-16H2,1-3H3,(H,27,30). The number of carbonyl (C=O) groups excluding carboxylic acids is 2. The first-order valence-corrected chi connectivity index (χ1v) is 12.3. The van der Waals surface area contributed by atoms with Gasteiger partial charge in [-0.1, -0.05) is 55.2 Å². The highest BCUT2D eigenvalue weighted by Gasteiger charge is 2.29. The molecule has 0 aliphatic heterocycles. The van der Waals surface area contributed by atoms with E-state index in [1.165, 1.54) is 0 Å². The summed E-state index contributed by atoms with van der Waals surface area (Å²) in [7, 11) is 0. The van der Waals surface area contributed by atoms with E-state index < -0.39 is 6.04 Å². The summed E-state index contributed by atoms with van der Waals surface area (Å²) in [5.41, 5.74) is 0.831. The minimum atomic E-state index is -0.543. The molecule has 0 aliphatic rings. The summed E-state index contributed by atoms with van der Waals surface area (Å²) < 4.78 is 0. The molecular weight excluding hydrogens is 451 g/mol. The molecule has 2 rings (SSSR count). The number of nitrogens with one attached hydrogen (secondary N) is 1. The lowest BCUT2D eigenvalue weighted by molar-refractivity contribution is -0.141. The molecule has 168 valence electrons. The smallest absolute Gasteiger partial charge is 0.243 e. The normalized spacial score (nSPS) is 12.8. The first kappa shape index (κ1) is 25.6. The monoisotopic (exact) mass is 480 g/mol. The van der Waals surface area contributed by atoms with Crippen molar-refractivity contribution in [2.24, 2.45) is 0 Å². The Balaban J connectivity index is 2.14. The van der Waals surface area contributed by atoms with Crippen molar-refractivity contribution in [3.63, 3.8) is 0 Å². The number of hydrogen-bond donors (Lipinski definition) is 1. The molecule has 31 heavy (non-hydrogen) atoms. The maximum atomic E-state index is 13.2. The van der Waals surface area contributed by atoms with Crippen molar-refractivity contribution in [1.29, 1.82) is 0 Å². The van der Waals surface area contributed by atoms with Crippen LogP contribution in [0.4, 0.5) is 0 Å². The van der Waals surface area contributed by atoms with Crippen molar-refractivity contribution in [3.8, 4) is 0 Å². The van der Waals surface area contributed by atoms with Gasteiger partial charge in [-0.05, 0) is 55.7 Å². The molecule has 0 saturated heterocycles. The van der Waals surface area contributed by atoms with Crippen LogP contribution in [0.15, 0.2) is 53.4 Å². The molecule has 0 aliphatic carbocycles. The van der Waals surface area contributed by atoms with Gasteiger partial charge in [0.1, 0.15) is 6.04 Å². The van der Waals surface area contributed by atoms with Gasteiger partial charge in [-0.25, -0.2) is 0 Å². The maximum absolute atomic E-state index is 13.2. The van der Waals surface area contributed by atoms with Crippen LogP contribution in [0.25, 0.3) is 0 Å². The van der Waals surface area contributed by atoms with Gasteiger partial charge in [-0.3, -0.25) is 9.59 Å². The van der Waals surface area contributed by atoms with Crippen molar-refractivity contribution >= 4 is 46.8 Å². The van der Waals surface area contributed by atoms with Gasteiger partial charge in [0.25, 0.3) is 0 Å². The highest BCUT2D eigenvalue weighted by Crippen LogP contribution is 2.23. The molecule has 0 fully saturated rings. The quantitative estimate of drug-likeness (QED) is 0.389. The molecule has 7 heteroatoms. The second-order valence-electron chi connectivity index (χ2n) is 7.41. The lowest BCUT2D eigenvalue weighted by Gasteiger charge is -2.31. The molecule has 2 aromatic rings. The molecule has 0 radical (unpaired) electrons. The molecule has 1 N–H and O–H groups in total. The van der Waals surface area contributed by atoms with Gasteiger partial charge < -0.3 is 10.2 Å². The van der Waals surface area contributed by atoms with Gasteiger partial charge in [-0.15, -0.1) is 11.8 Å². The topological polar surface area (TPSA) is 49.4 Å². The Morgan fingerprint density at radius 3 is 2.32 bits per heavy atom. The fourth-order valence-corrected chi connectivity index (χ4v) is 4.26. The Morgan fingerprint density at radius 2 is 1.71 bits per heavy atom. The largest absolute Gasteiger partial charge is 0.352 e. The molecular formula is C24H30Cl2N2O2S. The van der Waals surface area contributed by atoms with Crippen LogP contribution in [-0.4, -0.2) is 34.6 Å². The number of thioether (sulfide) groups is 1. The van der Waals surface area contributed by atoms with Crippen molar-refractivity contribution in [2.45, 2.75) is 63.6 Å². The van der Waals surface area contributed by atoms with E-state index in [2.05, 4.69) is 5.32 Å². The third kappa shape index (κ3) is 8.06. The summed E-state index contributed by atoms with van der Waals surface area (Å²) in [6, 6.07) is 14.5. The third-order valence-electron chi connectivity index (χ3n) is 5.08. The van der Waals surface area contributed by atoms with Gasteiger partial charge in [0.15, 0.2) is 0 Å². The third-order valence-corrected chi connectivity index (χ3v) is 6.72. The highest BCUT2D eigenvalue weighted by molar-refractivity contribution is 7.99. The second kappa shape index (κ2) is 13.0. The summed E-state index contributed by atoms with van der Waals surface area (Å²) in [4.78, 5) is 28.9. The van der Waals surface area contributed by atoms with Gasteiger partial charge in [0, 0.05) is 39.7 Å². The fraction of sp³-hybridized carbons (Fsp3) is 0.417. The van der Waals surface area contributed by atoms with Crippen LogP contribution in [0.5, 0.6) is 0 Å². The van der Waals surface area contributed by atoms with Gasteiger partial charge in [0.2, 0.25) is 11.8 Å². The molecule has 0 heterocycles. The number of benzene rings is 2. The molecule has 2 atom stereocenters. The minimum absolute atomic E-state index is 0.0549. The number of hydrogen-bond acceptors (Lipinski definition) is 3. The molecule has 2 amide bonds. The molecule has 4 nitrogen and oxygen atoms in total. The van der Waals surface area contributed by atoms with Crippen LogP contribution < -0.4 is 5.32 Å². The van der Waals surface area contributed by atoms with Gasteiger partial charge in [-0.2, -0.15) is 0 Å². The van der Waals surface area contributed by atoms with E-state index in [0.29, 0.717) is 35.2 Å². The zero-order valence-corrected chi connectivity index (χ0v) is 20.6. The summed E-state index contributed by atoms with van der Waals surface area (Å²) in [6.07, 6.45) is 1.69. The molecule has 0 aromatic heterocycles. The Hall–Kier alpha value is -1.69. The molecule has 0 spiro atoms.